The molecular formula is C22H13ClF6N4. The van der Waals surface area contributed by atoms with E-state index in [1.165, 1.54) is 0 Å². The Balaban J connectivity index is 1.80. The third-order valence-electron chi connectivity index (χ3n) is 4.73. The molecule has 0 spiro atoms. The van der Waals surface area contributed by atoms with E-state index in [2.05, 4.69) is 20.3 Å². The zero-order chi connectivity index (χ0) is 23.8. The molecule has 0 atom stereocenters. The van der Waals surface area contributed by atoms with E-state index in [0.717, 1.165) is 10.8 Å². The second kappa shape index (κ2) is 8.86. The number of benzene rings is 2. The summed E-state index contributed by atoms with van der Waals surface area (Å²) in [4.78, 5) is 12.4. The Morgan fingerprint density at radius 3 is 2.21 bits per heavy atom. The average Bonchev–Trinajstić information content (AvgIpc) is 2.74. The minimum atomic E-state index is -4.61. The van der Waals surface area contributed by atoms with Gasteiger partial charge in [0, 0.05) is 41.3 Å². The SMILES string of the molecule is Fc1cc(F)c(Cc2c(Cl)nc(-c3cc4ccccc4cn3)nc2NCC(F)(F)F)c(F)c1. The highest BCUT2D eigenvalue weighted by Crippen LogP contribution is 2.31. The van der Waals surface area contributed by atoms with Crippen LogP contribution >= 0.6 is 11.6 Å². The van der Waals surface area contributed by atoms with Crippen molar-refractivity contribution in [1.82, 2.24) is 15.0 Å². The molecule has 2 heterocycles. The summed E-state index contributed by atoms with van der Waals surface area (Å²) in [6, 6.07) is 9.80. The molecule has 2 aromatic carbocycles. The van der Waals surface area contributed by atoms with E-state index in [-0.39, 0.29) is 28.1 Å². The molecule has 1 N–H and O–H groups in total. The second-order valence-electron chi connectivity index (χ2n) is 7.08. The standard InChI is InChI=1S/C22H13ClF6N4/c23-19-15(8-14-16(25)6-13(24)7-17(14)26)20(31-10-22(27,28)29)33-21(32-19)18-5-11-3-1-2-4-12(11)9-30-18/h1-7,9H,8,10H2,(H,31,32,33). The van der Waals surface area contributed by atoms with Crippen LogP contribution < -0.4 is 5.32 Å². The van der Waals surface area contributed by atoms with Crippen molar-refractivity contribution < 1.29 is 26.3 Å². The summed E-state index contributed by atoms with van der Waals surface area (Å²) < 4.78 is 80.1. The van der Waals surface area contributed by atoms with Gasteiger partial charge in [0.1, 0.15) is 40.7 Å². The number of rotatable bonds is 5. The predicted molar refractivity (Wildman–Crippen MR) is 111 cm³/mol. The minimum absolute atomic E-state index is 0.0840. The van der Waals surface area contributed by atoms with Crippen LogP contribution in [0.3, 0.4) is 0 Å². The molecule has 0 aliphatic rings. The van der Waals surface area contributed by atoms with Crippen LogP contribution in [-0.2, 0) is 6.42 Å². The number of hydrogen-bond acceptors (Lipinski definition) is 4. The fraction of sp³-hybridized carbons (Fsp3) is 0.136. The number of aromatic nitrogens is 3. The Hall–Kier alpha value is -3.40. The van der Waals surface area contributed by atoms with Gasteiger partial charge in [-0.25, -0.2) is 23.1 Å². The van der Waals surface area contributed by atoms with E-state index < -0.39 is 42.2 Å². The maximum Gasteiger partial charge on any atom is 0.405 e. The molecule has 0 unspecified atom stereocenters. The molecule has 33 heavy (non-hydrogen) atoms. The van der Waals surface area contributed by atoms with E-state index in [1.54, 1.807) is 24.4 Å². The highest BCUT2D eigenvalue weighted by atomic mass is 35.5. The molecule has 0 fully saturated rings. The quantitative estimate of drug-likeness (QED) is 0.267. The Labute approximate surface area is 188 Å². The Kier molecular flexibility index (Phi) is 6.11. The number of fused-ring (bicyclic) bond motifs is 1. The monoisotopic (exact) mass is 482 g/mol. The van der Waals surface area contributed by atoms with Crippen LogP contribution in [0, 0.1) is 17.5 Å². The molecule has 11 heteroatoms. The van der Waals surface area contributed by atoms with Gasteiger partial charge in [-0.15, -0.1) is 0 Å². The maximum atomic E-state index is 14.2. The van der Waals surface area contributed by atoms with E-state index in [4.69, 9.17) is 11.6 Å². The molecule has 0 saturated carbocycles. The van der Waals surface area contributed by atoms with Crippen molar-refractivity contribution in [2.45, 2.75) is 12.6 Å². The van der Waals surface area contributed by atoms with E-state index in [0.29, 0.717) is 12.1 Å². The third kappa shape index (κ3) is 5.16. The summed E-state index contributed by atoms with van der Waals surface area (Å²) in [5, 5.41) is 3.38. The van der Waals surface area contributed by atoms with Crippen LogP contribution in [0.5, 0.6) is 0 Å². The lowest BCUT2D eigenvalue weighted by atomic mass is 10.0. The summed E-state index contributed by atoms with van der Waals surface area (Å²) in [5.74, 6) is -4.03. The molecule has 4 rings (SSSR count). The van der Waals surface area contributed by atoms with Gasteiger partial charge in [-0.05, 0) is 11.5 Å². The number of alkyl halides is 3. The molecular weight excluding hydrogens is 470 g/mol. The minimum Gasteiger partial charge on any atom is -0.361 e. The smallest absolute Gasteiger partial charge is 0.361 e. The lowest BCUT2D eigenvalue weighted by molar-refractivity contribution is -0.115. The van der Waals surface area contributed by atoms with Crippen molar-refractivity contribution >= 4 is 28.2 Å². The first-order chi connectivity index (χ1) is 15.6. The van der Waals surface area contributed by atoms with Crippen LogP contribution in [-0.4, -0.2) is 27.7 Å². The van der Waals surface area contributed by atoms with Crippen molar-refractivity contribution in [3.05, 3.63) is 82.4 Å². The summed E-state index contributed by atoms with van der Waals surface area (Å²) in [7, 11) is 0. The molecule has 0 aliphatic carbocycles. The highest BCUT2D eigenvalue weighted by Gasteiger charge is 2.28. The van der Waals surface area contributed by atoms with Gasteiger partial charge in [-0.1, -0.05) is 35.9 Å². The van der Waals surface area contributed by atoms with Crippen molar-refractivity contribution in [3.63, 3.8) is 0 Å². The zero-order valence-electron chi connectivity index (χ0n) is 16.5. The van der Waals surface area contributed by atoms with Gasteiger partial charge in [0.2, 0.25) is 0 Å². The first kappa shape index (κ1) is 22.8. The van der Waals surface area contributed by atoms with Crippen LogP contribution in [0.25, 0.3) is 22.3 Å². The van der Waals surface area contributed by atoms with E-state index >= 15 is 0 Å². The van der Waals surface area contributed by atoms with Gasteiger partial charge in [-0.2, -0.15) is 13.2 Å². The lowest BCUT2D eigenvalue weighted by Gasteiger charge is -2.16. The number of nitrogens with zero attached hydrogens (tertiary/aromatic N) is 3. The molecule has 0 bridgehead atoms. The molecule has 0 amide bonds. The molecule has 4 aromatic rings. The summed E-state index contributed by atoms with van der Waals surface area (Å²) in [6.45, 7) is -1.48. The van der Waals surface area contributed by atoms with Crippen LogP contribution in [0.2, 0.25) is 5.15 Å². The van der Waals surface area contributed by atoms with Gasteiger partial charge in [-0.3, -0.25) is 4.98 Å². The average molecular weight is 483 g/mol. The zero-order valence-corrected chi connectivity index (χ0v) is 17.3. The Bertz CT molecular complexity index is 1320. The molecule has 4 nitrogen and oxygen atoms in total. The van der Waals surface area contributed by atoms with Gasteiger partial charge >= 0.3 is 6.18 Å². The molecule has 0 aliphatic heterocycles. The van der Waals surface area contributed by atoms with Gasteiger partial charge in [0.15, 0.2) is 5.82 Å². The summed E-state index contributed by atoms with van der Waals surface area (Å²) in [6.07, 6.45) is -3.67. The first-order valence-electron chi connectivity index (χ1n) is 9.46. The van der Waals surface area contributed by atoms with Crippen molar-refractivity contribution in [3.8, 4) is 11.5 Å². The fourth-order valence-corrected chi connectivity index (χ4v) is 3.42. The molecule has 0 saturated heterocycles. The number of hydrogen-bond donors (Lipinski definition) is 1. The molecule has 2 aromatic heterocycles. The van der Waals surface area contributed by atoms with E-state index in [9.17, 15) is 26.3 Å². The van der Waals surface area contributed by atoms with Gasteiger partial charge in [0.25, 0.3) is 0 Å². The maximum absolute atomic E-state index is 14.2. The fourth-order valence-electron chi connectivity index (χ4n) is 3.18. The van der Waals surface area contributed by atoms with Crippen molar-refractivity contribution in [1.29, 1.82) is 0 Å². The largest absolute Gasteiger partial charge is 0.405 e. The normalized spacial score (nSPS) is 11.7. The molecule has 170 valence electrons. The van der Waals surface area contributed by atoms with Crippen LogP contribution in [0.1, 0.15) is 11.1 Å². The van der Waals surface area contributed by atoms with Crippen molar-refractivity contribution in [2.75, 3.05) is 11.9 Å². The Morgan fingerprint density at radius 2 is 1.55 bits per heavy atom. The number of halogens is 7. The van der Waals surface area contributed by atoms with E-state index in [1.807, 2.05) is 12.1 Å². The third-order valence-corrected chi connectivity index (χ3v) is 5.04. The topological polar surface area (TPSA) is 50.7 Å². The lowest BCUT2D eigenvalue weighted by Crippen LogP contribution is -2.23. The molecule has 0 radical (unpaired) electrons. The summed E-state index contributed by atoms with van der Waals surface area (Å²) in [5.41, 5.74) is -0.542. The number of pyridine rings is 1. The second-order valence-corrected chi connectivity index (χ2v) is 7.43. The Morgan fingerprint density at radius 1 is 0.879 bits per heavy atom. The van der Waals surface area contributed by atoms with Crippen LogP contribution in [0.4, 0.5) is 32.2 Å². The predicted octanol–water partition coefficient (Wildman–Crippen LogP) is 6.33. The van der Waals surface area contributed by atoms with Gasteiger partial charge < -0.3 is 5.32 Å². The number of anilines is 1. The first-order valence-corrected chi connectivity index (χ1v) is 9.84. The highest BCUT2D eigenvalue weighted by molar-refractivity contribution is 6.30. The summed E-state index contributed by atoms with van der Waals surface area (Å²) >= 11 is 6.22. The van der Waals surface area contributed by atoms with Crippen LogP contribution in [0.15, 0.2) is 48.7 Å². The van der Waals surface area contributed by atoms with Gasteiger partial charge in [0.05, 0.1) is 0 Å². The number of nitrogens with one attached hydrogen (secondary N) is 1. The van der Waals surface area contributed by atoms with Crippen molar-refractivity contribution in [2.24, 2.45) is 0 Å².